The third-order valence-electron chi connectivity index (χ3n) is 5.18. The number of pyridine rings is 1. The topological polar surface area (TPSA) is 84.3 Å². The highest BCUT2D eigenvalue weighted by molar-refractivity contribution is 5.94. The molecule has 0 spiro atoms. The second-order valence-corrected chi connectivity index (χ2v) is 7.15. The highest BCUT2D eigenvalue weighted by atomic mass is 16.5. The van der Waals surface area contributed by atoms with E-state index in [4.69, 9.17) is 9.15 Å². The Balaban J connectivity index is 1.25. The lowest BCUT2D eigenvalue weighted by atomic mass is 9.89. The fourth-order valence-corrected chi connectivity index (χ4v) is 3.71. The molecule has 3 aromatic rings. The first-order chi connectivity index (χ1) is 14.2. The zero-order chi connectivity index (χ0) is 20.1. The van der Waals surface area contributed by atoms with Gasteiger partial charge < -0.3 is 19.5 Å². The van der Waals surface area contributed by atoms with Gasteiger partial charge >= 0.3 is 0 Å². The summed E-state index contributed by atoms with van der Waals surface area (Å²) in [6.07, 6.45) is 5.62. The summed E-state index contributed by atoms with van der Waals surface area (Å²) in [5, 5.41) is 2.79. The molecule has 4 rings (SSSR count). The number of hydrogen-bond donors (Lipinski definition) is 2. The van der Waals surface area contributed by atoms with Crippen molar-refractivity contribution in [2.75, 3.05) is 13.2 Å². The van der Waals surface area contributed by atoms with Crippen LogP contribution < -0.4 is 10.9 Å². The second kappa shape index (κ2) is 8.92. The predicted octanol–water partition coefficient (Wildman–Crippen LogP) is 3.85. The first kappa shape index (κ1) is 19.2. The van der Waals surface area contributed by atoms with Gasteiger partial charge in [-0.2, -0.15) is 0 Å². The van der Waals surface area contributed by atoms with E-state index in [2.05, 4.69) is 34.6 Å². The minimum absolute atomic E-state index is 0.0856. The molecule has 1 atom stereocenters. The molecule has 1 aromatic carbocycles. The lowest BCUT2D eigenvalue weighted by Crippen LogP contribution is -2.30. The van der Waals surface area contributed by atoms with Gasteiger partial charge in [0.15, 0.2) is 0 Å². The number of amides is 1. The summed E-state index contributed by atoms with van der Waals surface area (Å²) in [4.78, 5) is 27.2. The quantitative estimate of drug-likeness (QED) is 0.598. The van der Waals surface area contributed by atoms with Gasteiger partial charge in [0.05, 0.1) is 18.1 Å². The molecule has 2 heterocycles. The van der Waals surface area contributed by atoms with Crippen LogP contribution in [0.3, 0.4) is 0 Å². The van der Waals surface area contributed by atoms with Crippen molar-refractivity contribution in [3.05, 3.63) is 81.8 Å². The molecule has 1 aliphatic carbocycles. The maximum absolute atomic E-state index is 12.3. The van der Waals surface area contributed by atoms with Gasteiger partial charge in [0.1, 0.15) is 11.3 Å². The van der Waals surface area contributed by atoms with Crippen LogP contribution in [0.4, 0.5) is 0 Å². The largest absolute Gasteiger partial charge is 0.463 e. The number of furan rings is 1. The lowest BCUT2D eigenvalue weighted by molar-refractivity contribution is 0.0393. The second-order valence-electron chi connectivity index (χ2n) is 7.15. The molecule has 0 aliphatic heterocycles. The minimum Gasteiger partial charge on any atom is -0.463 e. The molecule has 29 heavy (non-hydrogen) atoms. The number of carbonyl (C=O) groups is 1. The first-order valence-electron chi connectivity index (χ1n) is 9.97. The number of aromatic nitrogens is 1. The number of H-pyrrole nitrogens is 1. The van der Waals surface area contributed by atoms with Crippen LogP contribution in [0.5, 0.6) is 0 Å². The van der Waals surface area contributed by atoms with E-state index < -0.39 is 5.56 Å². The molecular formula is C23H24N2O4. The van der Waals surface area contributed by atoms with Crippen LogP contribution in [-0.4, -0.2) is 24.0 Å². The van der Waals surface area contributed by atoms with Crippen LogP contribution in [-0.2, 0) is 11.2 Å². The van der Waals surface area contributed by atoms with Crippen molar-refractivity contribution in [2.24, 2.45) is 0 Å². The molecule has 2 N–H and O–H groups in total. The Morgan fingerprint density at radius 1 is 1.17 bits per heavy atom. The van der Waals surface area contributed by atoms with Crippen molar-refractivity contribution in [3.8, 4) is 11.5 Å². The third kappa shape index (κ3) is 4.49. The van der Waals surface area contributed by atoms with Gasteiger partial charge in [0.25, 0.3) is 11.5 Å². The van der Waals surface area contributed by atoms with Crippen molar-refractivity contribution in [1.82, 2.24) is 10.3 Å². The Kier molecular flexibility index (Phi) is 5.91. The summed E-state index contributed by atoms with van der Waals surface area (Å²) in [5.41, 5.74) is 2.84. The Morgan fingerprint density at radius 3 is 2.90 bits per heavy atom. The first-order valence-corrected chi connectivity index (χ1v) is 9.97. The molecule has 1 amide bonds. The monoisotopic (exact) mass is 392 g/mol. The maximum Gasteiger partial charge on any atom is 0.261 e. The zero-order valence-corrected chi connectivity index (χ0v) is 16.1. The van der Waals surface area contributed by atoms with E-state index in [1.165, 1.54) is 23.5 Å². The summed E-state index contributed by atoms with van der Waals surface area (Å²) >= 11 is 0. The number of aryl methyl sites for hydroxylation is 1. The van der Waals surface area contributed by atoms with Crippen LogP contribution in [0.1, 0.15) is 46.9 Å². The maximum atomic E-state index is 12.3. The van der Waals surface area contributed by atoms with Gasteiger partial charge in [0, 0.05) is 13.2 Å². The van der Waals surface area contributed by atoms with E-state index in [1.54, 1.807) is 18.2 Å². The Bertz CT molecular complexity index is 1020. The molecule has 6 heteroatoms. The van der Waals surface area contributed by atoms with Crippen molar-refractivity contribution >= 4 is 5.91 Å². The molecular weight excluding hydrogens is 368 g/mol. The zero-order valence-electron chi connectivity index (χ0n) is 16.1. The predicted molar refractivity (Wildman–Crippen MR) is 110 cm³/mol. The highest BCUT2D eigenvalue weighted by Crippen LogP contribution is 2.32. The van der Waals surface area contributed by atoms with Crippen molar-refractivity contribution in [1.29, 1.82) is 0 Å². The van der Waals surface area contributed by atoms with Crippen molar-refractivity contribution in [3.63, 3.8) is 0 Å². The number of carbonyl (C=O) groups excluding carboxylic acids is 1. The number of hydrogen-bond acceptors (Lipinski definition) is 4. The van der Waals surface area contributed by atoms with E-state index in [0.29, 0.717) is 31.0 Å². The van der Waals surface area contributed by atoms with Gasteiger partial charge in [-0.05, 0) is 61.1 Å². The number of aromatic amines is 1. The van der Waals surface area contributed by atoms with Gasteiger partial charge in [-0.15, -0.1) is 0 Å². The minimum atomic E-state index is -0.438. The van der Waals surface area contributed by atoms with Crippen LogP contribution in [0, 0.1) is 0 Å². The van der Waals surface area contributed by atoms with Crippen LogP contribution >= 0.6 is 0 Å². The van der Waals surface area contributed by atoms with Crippen LogP contribution in [0.25, 0.3) is 11.5 Å². The smallest absolute Gasteiger partial charge is 0.261 e. The van der Waals surface area contributed by atoms with Crippen molar-refractivity contribution < 1.29 is 13.9 Å². The number of rotatable bonds is 7. The average Bonchev–Trinajstić information content (AvgIpc) is 3.28. The van der Waals surface area contributed by atoms with E-state index in [-0.39, 0.29) is 17.6 Å². The van der Waals surface area contributed by atoms with Gasteiger partial charge in [0.2, 0.25) is 0 Å². The molecule has 1 unspecified atom stereocenters. The summed E-state index contributed by atoms with van der Waals surface area (Å²) in [5.74, 6) is 0.163. The van der Waals surface area contributed by atoms with Crippen molar-refractivity contribution in [2.45, 2.75) is 31.8 Å². The Hall–Kier alpha value is -3.12. The van der Waals surface area contributed by atoms with E-state index in [0.717, 1.165) is 19.3 Å². The van der Waals surface area contributed by atoms with Gasteiger partial charge in [-0.1, -0.05) is 24.3 Å². The molecule has 0 saturated heterocycles. The van der Waals surface area contributed by atoms with E-state index in [9.17, 15) is 9.59 Å². The Morgan fingerprint density at radius 2 is 2.07 bits per heavy atom. The summed E-state index contributed by atoms with van der Waals surface area (Å²) in [6.45, 7) is 1.01. The third-order valence-corrected chi connectivity index (χ3v) is 5.18. The Labute approximate surface area is 168 Å². The van der Waals surface area contributed by atoms with E-state index >= 15 is 0 Å². The molecule has 0 bridgehead atoms. The molecule has 150 valence electrons. The lowest BCUT2D eigenvalue weighted by Gasteiger charge is -2.25. The highest BCUT2D eigenvalue weighted by Gasteiger charge is 2.20. The number of benzene rings is 1. The molecule has 2 aromatic heterocycles. The normalized spacial score (nSPS) is 15.7. The number of fused-ring (bicyclic) bond motifs is 1. The summed E-state index contributed by atoms with van der Waals surface area (Å²) in [6, 6.07) is 15.1. The van der Waals surface area contributed by atoms with Gasteiger partial charge in [-0.25, -0.2) is 0 Å². The fourth-order valence-electron chi connectivity index (χ4n) is 3.71. The summed E-state index contributed by atoms with van der Waals surface area (Å²) in [7, 11) is 0. The molecule has 1 aliphatic rings. The molecule has 0 fully saturated rings. The number of ether oxygens (including phenoxy) is 1. The average molecular weight is 392 g/mol. The summed E-state index contributed by atoms with van der Waals surface area (Å²) < 4.78 is 11.3. The van der Waals surface area contributed by atoms with E-state index in [1.807, 2.05) is 0 Å². The SMILES string of the molecule is O=C(NCCCOC1CCCc2ccccc21)c1ccc(-c2ccco2)[nH]c1=O. The molecule has 6 nitrogen and oxygen atoms in total. The van der Waals surface area contributed by atoms with Crippen LogP contribution in [0.2, 0.25) is 0 Å². The fraction of sp³-hybridized carbons (Fsp3) is 0.304. The van der Waals surface area contributed by atoms with Gasteiger partial charge in [-0.3, -0.25) is 9.59 Å². The molecule has 0 radical (unpaired) electrons. The van der Waals surface area contributed by atoms with Crippen LogP contribution in [0.15, 0.2) is 64.0 Å². The number of nitrogens with one attached hydrogen (secondary N) is 2. The molecule has 0 saturated carbocycles. The standard InChI is InChI=1S/C23H24N2O4/c26-22(18-11-12-19(25-23(18)27)21-10-4-14-29-21)24-13-5-15-28-20-9-3-7-16-6-1-2-8-17(16)20/h1-2,4,6,8,10-12,14,20H,3,5,7,9,13,15H2,(H,24,26)(H,25,27).